The molecule has 0 heterocycles. The van der Waals surface area contributed by atoms with Crippen LogP contribution in [0.3, 0.4) is 0 Å². The van der Waals surface area contributed by atoms with Crippen molar-refractivity contribution in [2.24, 2.45) is 0 Å². The molecule has 1 rings (SSSR count). The Morgan fingerprint density at radius 2 is 1.50 bits per heavy atom. The zero-order chi connectivity index (χ0) is 12.2. The number of rotatable bonds is 4. The van der Waals surface area contributed by atoms with Gasteiger partial charge in [-0.3, -0.25) is 0 Å². The van der Waals surface area contributed by atoms with Gasteiger partial charge in [0.25, 0.3) is 0 Å². The van der Waals surface area contributed by atoms with E-state index in [1.807, 2.05) is 36.4 Å². The quantitative estimate of drug-likeness (QED) is 0.639. The van der Waals surface area contributed by atoms with Crippen molar-refractivity contribution in [1.29, 1.82) is 0 Å². The van der Waals surface area contributed by atoms with Crippen molar-refractivity contribution in [2.75, 3.05) is 13.1 Å². The first-order chi connectivity index (χ1) is 7.72. The second-order valence-corrected chi connectivity index (χ2v) is 4.48. The summed E-state index contributed by atoms with van der Waals surface area (Å²) >= 11 is 9.02. The Hall–Kier alpha value is -0.540. The fourth-order valence-corrected chi connectivity index (χ4v) is 1.58. The maximum atomic E-state index is 4.92. The largest absolute Gasteiger partial charge is 0.358 e. The summed E-state index contributed by atoms with van der Waals surface area (Å²) < 4.78 is 0.718. The molecule has 0 amide bonds. The minimum Gasteiger partial charge on any atom is -0.358 e. The molecule has 0 spiro atoms. The first-order valence-electron chi connectivity index (χ1n) is 5.70. The summed E-state index contributed by atoms with van der Waals surface area (Å²) in [5.41, 5.74) is 0. The summed E-state index contributed by atoms with van der Waals surface area (Å²) in [6.07, 6.45) is 2.42. The van der Waals surface area contributed by atoms with Gasteiger partial charge in [0.1, 0.15) is 4.32 Å². The molecule has 0 aliphatic heterocycles. The van der Waals surface area contributed by atoms with Crippen LogP contribution in [-0.2, 0) is 0 Å². The molecule has 0 bridgehead atoms. The molecule has 16 heavy (non-hydrogen) atoms. The molecule has 0 N–H and O–H groups in total. The molecule has 0 saturated carbocycles. The predicted octanol–water partition coefficient (Wildman–Crippen LogP) is 4.01. The first-order valence-corrected chi connectivity index (χ1v) is 6.55. The lowest BCUT2D eigenvalue weighted by Gasteiger charge is -2.19. The van der Waals surface area contributed by atoms with E-state index in [4.69, 9.17) is 12.2 Å². The van der Waals surface area contributed by atoms with E-state index in [9.17, 15) is 0 Å². The number of thiocarbonyl (C=S) groups is 1. The maximum absolute atomic E-state index is 4.92. The summed E-state index contributed by atoms with van der Waals surface area (Å²) in [6.45, 7) is 6.30. The number of hydrogen-bond donors (Lipinski definition) is 1. The number of unbranched alkanes of at least 4 members (excludes halogenated alkanes) is 1. The number of benzene rings is 1. The van der Waals surface area contributed by atoms with Crippen LogP contribution in [0.15, 0.2) is 36.4 Å². The minimum atomic E-state index is 0.718. The highest BCUT2D eigenvalue weighted by atomic mass is 32.1. The monoisotopic (exact) mass is 255 g/mol. The molecule has 0 atom stereocenters. The molecule has 0 radical (unpaired) electrons. The van der Waals surface area contributed by atoms with Gasteiger partial charge < -0.3 is 4.90 Å². The standard InChI is InChI=1S/C7H15NS2.C6H6/c1-3-5-6-8(4-2)7(9)10;1-2-4-6-5-3-1/h3-6H2,1-2H3,(H,9,10);1-6H. The average Bonchev–Trinajstić information content (AvgIpc) is 2.33. The highest BCUT2D eigenvalue weighted by Crippen LogP contribution is 1.99. The van der Waals surface area contributed by atoms with E-state index in [1.54, 1.807) is 0 Å². The molecule has 90 valence electrons. The van der Waals surface area contributed by atoms with Crippen LogP contribution >= 0.6 is 24.8 Å². The molecule has 1 aromatic rings. The summed E-state index contributed by atoms with van der Waals surface area (Å²) in [6, 6.07) is 12.0. The van der Waals surface area contributed by atoms with Gasteiger partial charge in [0.05, 0.1) is 0 Å². The van der Waals surface area contributed by atoms with Gasteiger partial charge in [-0.15, -0.1) is 12.6 Å². The molecule has 1 aromatic carbocycles. The highest BCUT2D eigenvalue weighted by molar-refractivity contribution is 8.10. The Kier molecular flexibility index (Phi) is 10.6. The van der Waals surface area contributed by atoms with Crippen LogP contribution in [-0.4, -0.2) is 22.3 Å². The van der Waals surface area contributed by atoms with Crippen LogP contribution in [0, 0.1) is 0 Å². The van der Waals surface area contributed by atoms with Crippen molar-refractivity contribution < 1.29 is 0 Å². The SMILES string of the molecule is CCCCN(CC)C(=S)S.c1ccccc1. The molecular weight excluding hydrogens is 234 g/mol. The predicted molar refractivity (Wildman–Crippen MR) is 80.2 cm³/mol. The lowest BCUT2D eigenvalue weighted by Crippen LogP contribution is -2.26. The van der Waals surface area contributed by atoms with E-state index >= 15 is 0 Å². The van der Waals surface area contributed by atoms with E-state index in [2.05, 4.69) is 31.4 Å². The van der Waals surface area contributed by atoms with Crippen molar-refractivity contribution in [3.63, 3.8) is 0 Å². The number of nitrogens with zero attached hydrogens (tertiary/aromatic N) is 1. The minimum absolute atomic E-state index is 0.718. The highest BCUT2D eigenvalue weighted by Gasteiger charge is 2.00. The van der Waals surface area contributed by atoms with E-state index in [0.29, 0.717) is 0 Å². The van der Waals surface area contributed by atoms with Crippen LogP contribution in [0.4, 0.5) is 0 Å². The van der Waals surface area contributed by atoms with Crippen molar-refractivity contribution in [2.45, 2.75) is 26.7 Å². The second kappa shape index (κ2) is 11.0. The van der Waals surface area contributed by atoms with E-state index < -0.39 is 0 Å². The molecule has 0 unspecified atom stereocenters. The molecule has 0 aliphatic carbocycles. The lowest BCUT2D eigenvalue weighted by atomic mass is 10.3. The van der Waals surface area contributed by atoms with Gasteiger partial charge in [0.15, 0.2) is 0 Å². The normalized spacial score (nSPS) is 8.94. The van der Waals surface area contributed by atoms with Gasteiger partial charge in [-0.25, -0.2) is 0 Å². The van der Waals surface area contributed by atoms with Gasteiger partial charge in [-0.2, -0.15) is 0 Å². The van der Waals surface area contributed by atoms with Crippen LogP contribution in [0.25, 0.3) is 0 Å². The molecule has 3 heteroatoms. The van der Waals surface area contributed by atoms with Crippen LogP contribution in [0.2, 0.25) is 0 Å². The van der Waals surface area contributed by atoms with Crippen molar-refractivity contribution in [3.8, 4) is 0 Å². The van der Waals surface area contributed by atoms with Crippen molar-refractivity contribution >= 4 is 29.2 Å². The third-order valence-electron chi connectivity index (χ3n) is 2.10. The summed E-state index contributed by atoms with van der Waals surface area (Å²) in [5.74, 6) is 0. The lowest BCUT2D eigenvalue weighted by molar-refractivity contribution is 0.442. The third kappa shape index (κ3) is 8.74. The summed E-state index contributed by atoms with van der Waals surface area (Å²) in [4.78, 5) is 2.10. The molecule has 1 nitrogen and oxygen atoms in total. The molecule has 0 fully saturated rings. The van der Waals surface area contributed by atoms with Gasteiger partial charge in [0, 0.05) is 13.1 Å². The fraction of sp³-hybridized carbons (Fsp3) is 0.462. The number of thiol groups is 1. The molecule has 0 saturated heterocycles. The smallest absolute Gasteiger partial charge is 0.133 e. The second-order valence-electron chi connectivity index (χ2n) is 3.37. The van der Waals surface area contributed by atoms with E-state index in [1.165, 1.54) is 12.8 Å². The Morgan fingerprint density at radius 1 is 1.06 bits per heavy atom. The molecule has 0 aromatic heterocycles. The maximum Gasteiger partial charge on any atom is 0.133 e. The van der Waals surface area contributed by atoms with Gasteiger partial charge >= 0.3 is 0 Å². The Labute approximate surface area is 110 Å². The third-order valence-corrected chi connectivity index (χ3v) is 2.64. The number of hydrogen-bond acceptors (Lipinski definition) is 1. The Balaban J connectivity index is 0.000000315. The van der Waals surface area contributed by atoms with E-state index in [-0.39, 0.29) is 0 Å². The zero-order valence-electron chi connectivity index (χ0n) is 10.1. The van der Waals surface area contributed by atoms with Gasteiger partial charge in [-0.05, 0) is 13.3 Å². The molecular formula is C13H21NS2. The van der Waals surface area contributed by atoms with Gasteiger partial charge in [0.2, 0.25) is 0 Å². The Morgan fingerprint density at radius 3 is 1.75 bits per heavy atom. The van der Waals surface area contributed by atoms with Crippen LogP contribution < -0.4 is 0 Å². The Bertz CT molecular complexity index is 235. The first kappa shape index (κ1) is 15.5. The van der Waals surface area contributed by atoms with Crippen LogP contribution in [0.1, 0.15) is 26.7 Å². The van der Waals surface area contributed by atoms with Crippen molar-refractivity contribution in [3.05, 3.63) is 36.4 Å². The van der Waals surface area contributed by atoms with Gasteiger partial charge in [-0.1, -0.05) is 62.0 Å². The topological polar surface area (TPSA) is 3.24 Å². The fourth-order valence-electron chi connectivity index (χ4n) is 1.12. The summed E-state index contributed by atoms with van der Waals surface area (Å²) in [7, 11) is 0. The summed E-state index contributed by atoms with van der Waals surface area (Å²) in [5, 5.41) is 0. The average molecular weight is 255 g/mol. The zero-order valence-corrected chi connectivity index (χ0v) is 11.8. The van der Waals surface area contributed by atoms with Crippen LogP contribution in [0.5, 0.6) is 0 Å². The van der Waals surface area contributed by atoms with E-state index in [0.717, 1.165) is 17.4 Å². The molecule has 0 aliphatic rings. The van der Waals surface area contributed by atoms with Crippen molar-refractivity contribution in [1.82, 2.24) is 4.90 Å².